The minimum absolute atomic E-state index is 0.215. The van der Waals surface area contributed by atoms with Crippen LogP contribution in [0.2, 0.25) is 0 Å². The van der Waals surface area contributed by atoms with E-state index in [0.29, 0.717) is 4.34 Å². The first-order valence-electron chi connectivity index (χ1n) is 4.07. The Morgan fingerprint density at radius 2 is 2.13 bits per heavy atom. The highest BCUT2D eigenvalue weighted by Gasteiger charge is 2.14. The van der Waals surface area contributed by atoms with Gasteiger partial charge in [0.25, 0.3) is 0 Å². The van der Waals surface area contributed by atoms with Crippen molar-refractivity contribution in [3.63, 3.8) is 0 Å². The van der Waals surface area contributed by atoms with Gasteiger partial charge >= 0.3 is 7.60 Å². The van der Waals surface area contributed by atoms with Gasteiger partial charge in [0.2, 0.25) is 0 Å². The van der Waals surface area contributed by atoms with Crippen molar-refractivity contribution in [3.8, 4) is 0 Å². The van der Waals surface area contributed by atoms with Crippen molar-refractivity contribution in [1.82, 2.24) is 4.98 Å². The molecule has 0 aliphatic heterocycles. The second-order valence-corrected chi connectivity index (χ2v) is 7.21. The highest BCUT2D eigenvalue weighted by Crippen LogP contribution is 2.42. The SMILES string of the molecule is O=P(O)(O)CSc1nc2ccccc2s1. The lowest BCUT2D eigenvalue weighted by Gasteiger charge is -1.99. The van der Waals surface area contributed by atoms with Gasteiger partial charge in [-0.3, -0.25) is 4.57 Å². The molecule has 7 heteroatoms. The maximum atomic E-state index is 10.7. The molecule has 0 fully saturated rings. The van der Waals surface area contributed by atoms with Gasteiger partial charge in [-0.15, -0.1) is 11.3 Å². The molecule has 0 amide bonds. The largest absolute Gasteiger partial charge is 0.335 e. The molecule has 0 saturated carbocycles. The van der Waals surface area contributed by atoms with Crippen LogP contribution in [0.1, 0.15) is 0 Å². The molecule has 15 heavy (non-hydrogen) atoms. The van der Waals surface area contributed by atoms with Gasteiger partial charge in [0.1, 0.15) is 5.49 Å². The molecule has 1 heterocycles. The Morgan fingerprint density at radius 1 is 1.40 bits per heavy atom. The van der Waals surface area contributed by atoms with Gasteiger partial charge in [0.15, 0.2) is 4.34 Å². The molecule has 0 aliphatic rings. The third-order valence-corrected chi connectivity index (χ3v) is 5.27. The zero-order valence-corrected chi connectivity index (χ0v) is 10.1. The lowest BCUT2D eigenvalue weighted by Crippen LogP contribution is -1.80. The average molecular weight is 261 g/mol. The maximum Gasteiger partial charge on any atom is 0.335 e. The highest BCUT2D eigenvalue weighted by atomic mass is 32.2. The van der Waals surface area contributed by atoms with E-state index in [1.54, 1.807) is 0 Å². The van der Waals surface area contributed by atoms with Crippen LogP contribution in [0.5, 0.6) is 0 Å². The van der Waals surface area contributed by atoms with Crippen molar-refractivity contribution in [2.75, 3.05) is 5.49 Å². The number of para-hydroxylation sites is 1. The van der Waals surface area contributed by atoms with E-state index < -0.39 is 7.60 Å². The van der Waals surface area contributed by atoms with Gasteiger partial charge in [-0.25, -0.2) is 4.98 Å². The van der Waals surface area contributed by atoms with Crippen LogP contribution in [-0.2, 0) is 4.57 Å². The molecular formula is C8H8NO3PS2. The van der Waals surface area contributed by atoms with Gasteiger partial charge in [-0.05, 0) is 12.1 Å². The van der Waals surface area contributed by atoms with E-state index in [0.717, 1.165) is 22.0 Å². The molecule has 1 aromatic heterocycles. The summed E-state index contributed by atoms with van der Waals surface area (Å²) >= 11 is 2.54. The van der Waals surface area contributed by atoms with Crippen LogP contribution in [0.25, 0.3) is 10.2 Å². The predicted octanol–water partition coefficient (Wildman–Crippen LogP) is 2.52. The fraction of sp³-hybridized carbons (Fsp3) is 0.125. The quantitative estimate of drug-likeness (QED) is 0.656. The summed E-state index contributed by atoms with van der Waals surface area (Å²) in [4.78, 5) is 21.7. The number of nitrogens with zero attached hydrogens (tertiary/aromatic N) is 1. The summed E-state index contributed by atoms with van der Waals surface area (Å²) in [5.74, 6) is 0. The second kappa shape index (κ2) is 4.23. The summed E-state index contributed by atoms with van der Waals surface area (Å²) in [7, 11) is -3.94. The zero-order valence-electron chi connectivity index (χ0n) is 7.53. The summed E-state index contributed by atoms with van der Waals surface area (Å²) in [5.41, 5.74) is 0.656. The molecule has 0 unspecified atom stereocenters. The molecule has 2 aromatic rings. The van der Waals surface area contributed by atoms with Crippen molar-refractivity contribution in [3.05, 3.63) is 24.3 Å². The van der Waals surface area contributed by atoms with Crippen LogP contribution in [-0.4, -0.2) is 20.3 Å². The lowest BCUT2D eigenvalue weighted by atomic mass is 10.3. The van der Waals surface area contributed by atoms with Gasteiger partial charge in [0.05, 0.1) is 10.2 Å². The van der Waals surface area contributed by atoms with E-state index in [-0.39, 0.29) is 5.49 Å². The van der Waals surface area contributed by atoms with Gasteiger partial charge in [-0.1, -0.05) is 23.9 Å². The van der Waals surface area contributed by atoms with E-state index in [1.807, 2.05) is 24.3 Å². The molecular weight excluding hydrogens is 253 g/mol. The predicted molar refractivity (Wildman–Crippen MR) is 62.4 cm³/mol. The maximum absolute atomic E-state index is 10.7. The molecule has 0 bridgehead atoms. The van der Waals surface area contributed by atoms with Crippen LogP contribution in [0.15, 0.2) is 28.6 Å². The number of fused-ring (bicyclic) bond motifs is 1. The summed E-state index contributed by atoms with van der Waals surface area (Å²) in [5, 5.41) is 0. The minimum atomic E-state index is -3.94. The Hall–Kier alpha value is -0.390. The van der Waals surface area contributed by atoms with E-state index in [1.165, 1.54) is 11.3 Å². The van der Waals surface area contributed by atoms with Crippen LogP contribution >= 0.6 is 30.7 Å². The fourth-order valence-electron chi connectivity index (χ4n) is 1.05. The first-order chi connectivity index (χ1) is 7.04. The molecule has 0 radical (unpaired) electrons. The summed E-state index contributed by atoms with van der Waals surface area (Å²) in [6, 6.07) is 7.62. The number of thioether (sulfide) groups is 1. The van der Waals surface area contributed by atoms with Crippen molar-refractivity contribution in [2.24, 2.45) is 0 Å². The van der Waals surface area contributed by atoms with Gasteiger partial charge in [-0.2, -0.15) is 0 Å². The van der Waals surface area contributed by atoms with Crippen molar-refractivity contribution in [1.29, 1.82) is 0 Å². The van der Waals surface area contributed by atoms with E-state index in [2.05, 4.69) is 4.98 Å². The molecule has 0 spiro atoms. The number of benzene rings is 1. The Kier molecular flexibility index (Phi) is 3.13. The number of hydrogen-bond acceptors (Lipinski definition) is 4. The summed E-state index contributed by atoms with van der Waals surface area (Å²) < 4.78 is 12.4. The molecule has 0 aliphatic carbocycles. The molecule has 1 aromatic carbocycles. The fourth-order valence-corrected chi connectivity index (χ4v) is 4.01. The third kappa shape index (κ3) is 3.03. The van der Waals surface area contributed by atoms with Crippen molar-refractivity contribution < 1.29 is 14.4 Å². The van der Waals surface area contributed by atoms with Crippen molar-refractivity contribution in [2.45, 2.75) is 4.34 Å². The van der Waals surface area contributed by atoms with Crippen LogP contribution in [0, 0.1) is 0 Å². The molecule has 2 rings (SSSR count). The smallest absolute Gasteiger partial charge is 0.324 e. The topological polar surface area (TPSA) is 70.4 Å². The normalized spacial score (nSPS) is 12.1. The Morgan fingerprint density at radius 3 is 2.80 bits per heavy atom. The molecule has 0 saturated heterocycles. The number of thiazole rings is 1. The van der Waals surface area contributed by atoms with Crippen LogP contribution in [0.4, 0.5) is 0 Å². The lowest BCUT2D eigenvalue weighted by molar-refractivity contribution is 0.379. The first kappa shape index (κ1) is 11.1. The monoisotopic (exact) mass is 261 g/mol. The second-order valence-electron chi connectivity index (χ2n) is 2.89. The molecule has 2 N–H and O–H groups in total. The molecule has 0 atom stereocenters. The third-order valence-electron chi connectivity index (χ3n) is 1.63. The number of aromatic nitrogens is 1. The first-order valence-corrected chi connectivity index (χ1v) is 7.67. The molecule has 80 valence electrons. The summed E-state index contributed by atoms with van der Waals surface area (Å²) in [6.45, 7) is 0. The zero-order chi connectivity index (χ0) is 10.9. The van der Waals surface area contributed by atoms with Crippen LogP contribution < -0.4 is 0 Å². The standard InChI is InChI=1S/C8H8NO3PS2/c10-13(11,12)5-14-8-9-6-3-1-2-4-7(6)15-8/h1-4H,5H2,(H2,10,11,12). The minimum Gasteiger partial charge on any atom is -0.324 e. The Bertz CT molecular complexity index is 488. The van der Waals surface area contributed by atoms with E-state index in [4.69, 9.17) is 9.79 Å². The van der Waals surface area contributed by atoms with E-state index in [9.17, 15) is 4.57 Å². The summed E-state index contributed by atoms with van der Waals surface area (Å²) in [6.07, 6.45) is 0. The van der Waals surface area contributed by atoms with Crippen LogP contribution in [0.3, 0.4) is 0 Å². The Balaban J connectivity index is 2.19. The number of hydrogen-bond donors (Lipinski definition) is 2. The molecule has 4 nitrogen and oxygen atoms in total. The van der Waals surface area contributed by atoms with Gasteiger partial charge in [0, 0.05) is 0 Å². The highest BCUT2D eigenvalue weighted by molar-refractivity contribution is 8.05. The van der Waals surface area contributed by atoms with Gasteiger partial charge < -0.3 is 9.79 Å². The number of rotatable bonds is 3. The Labute approximate surface area is 94.5 Å². The average Bonchev–Trinajstić information content (AvgIpc) is 2.56. The van der Waals surface area contributed by atoms with Crippen molar-refractivity contribution >= 4 is 40.9 Å². The van der Waals surface area contributed by atoms with E-state index >= 15 is 0 Å².